The van der Waals surface area contributed by atoms with Gasteiger partial charge in [0.15, 0.2) is 0 Å². The molecule has 1 heterocycles. The summed E-state index contributed by atoms with van der Waals surface area (Å²) in [6.07, 6.45) is 3.30. The molecule has 0 aliphatic heterocycles. The fourth-order valence-corrected chi connectivity index (χ4v) is 2.24. The summed E-state index contributed by atoms with van der Waals surface area (Å²) in [6, 6.07) is 7.31. The van der Waals surface area contributed by atoms with Crippen LogP contribution in [0.1, 0.15) is 37.4 Å². The number of rotatable bonds is 9. The Kier molecular flexibility index (Phi) is 7.22. The van der Waals surface area contributed by atoms with Gasteiger partial charge in [-0.25, -0.2) is 0 Å². The summed E-state index contributed by atoms with van der Waals surface area (Å²) in [6.45, 7) is 2.73. The number of ether oxygens (including phenoxy) is 1. The molecule has 0 saturated carbocycles. The number of aryl methyl sites for hydroxylation is 1. The maximum Gasteiger partial charge on any atom is 0.303 e. The molecule has 26 heavy (non-hydrogen) atoms. The molecule has 0 spiro atoms. The second-order valence-corrected chi connectivity index (χ2v) is 5.89. The Morgan fingerprint density at radius 2 is 2.31 bits per heavy atom. The normalized spacial score (nSPS) is 11.0. The van der Waals surface area contributed by atoms with Crippen LogP contribution >= 0.6 is 12.2 Å². The molecule has 1 aromatic heterocycles. The van der Waals surface area contributed by atoms with Crippen LogP contribution in [-0.4, -0.2) is 38.8 Å². The van der Waals surface area contributed by atoms with Crippen molar-refractivity contribution in [2.75, 3.05) is 6.61 Å². The van der Waals surface area contributed by atoms with Crippen molar-refractivity contribution >= 4 is 24.4 Å². The van der Waals surface area contributed by atoms with Crippen LogP contribution in [-0.2, 0) is 11.2 Å². The number of nitrogens with zero attached hydrogens (tertiary/aromatic N) is 3. The van der Waals surface area contributed by atoms with Gasteiger partial charge in [-0.2, -0.15) is 14.9 Å². The van der Waals surface area contributed by atoms with Crippen molar-refractivity contribution in [3.63, 3.8) is 0 Å². The first-order valence-electron chi connectivity index (χ1n) is 8.21. The number of aromatic nitrogens is 3. The Morgan fingerprint density at radius 3 is 3.04 bits per heavy atom. The summed E-state index contributed by atoms with van der Waals surface area (Å²) in [4.78, 5) is 23.0. The van der Waals surface area contributed by atoms with E-state index < -0.39 is 11.5 Å². The van der Waals surface area contributed by atoms with E-state index in [9.17, 15) is 9.59 Å². The van der Waals surface area contributed by atoms with Gasteiger partial charge in [0, 0.05) is 6.42 Å². The average Bonchev–Trinajstić information content (AvgIpc) is 2.61. The lowest BCUT2D eigenvalue weighted by molar-refractivity contribution is -0.136. The van der Waals surface area contributed by atoms with E-state index in [0.29, 0.717) is 6.61 Å². The maximum absolute atomic E-state index is 12.3. The number of unbranched alkanes of at least 4 members (excludes halogenated alkanes) is 1. The topological polar surface area (TPSA) is 110 Å². The number of hydrogen-bond acceptors (Lipinski definition) is 6. The number of carbonyl (C=O) groups is 1. The number of aromatic amines is 1. The lowest BCUT2D eigenvalue weighted by atomic mass is 10.2. The quantitative estimate of drug-likeness (QED) is 0.395. The van der Waals surface area contributed by atoms with Crippen molar-refractivity contribution in [3.05, 3.63) is 50.6 Å². The summed E-state index contributed by atoms with van der Waals surface area (Å²) < 4.78 is 6.66. The molecule has 9 heteroatoms. The fourth-order valence-electron chi connectivity index (χ4n) is 2.06. The predicted octanol–water partition coefficient (Wildman–Crippen LogP) is 2.38. The highest BCUT2D eigenvalue weighted by Crippen LogP contribution is 2.12. The Balaban J connectivity index is 2.21. The van der Waals surface area contributed by atoms with Gasteiger partial charge in [-0.3, -0.25) is 14.7 Å². The van der Waals surface area contributed by atoms with E-state index in [1.165, 1.54) is 6.21 Å². The molecule has 2 N–H and O–H groups in total. The Hall–Kier alpha value is -2.81. The van der Waals surface area contributed by atoms with Gasteiger partial charge in [0.2, 0.25) is 4.77 Å². The number of hydrogen-bond donors (Lipinski definition) is 2. The molecular weight excluding hydrogens is 356 g/mol. The number of carboxylic acid groups (broad SMARTS) is 1. The van der Waals surface area contributed by atoms with E-state index in [4.69, 9.17) is 22.1 Å². The zero-order chi connectivity index (χ0) is 18.9. The standard InChI is InChI=1S/C17H20N4O4S/c1-2-3-9-25-13-6-4-5-12(10-13)11-18-21-16(24)14(7-8-15(22)23)19-20-17(21)26/h4-6,10-11H,2-3,7-9H2,1H3,(H,20,26)(H,22,23)/b18-11-. The minimum absolute atomic E-state index is 0.00342. The Morgan fingerprint density at radius 1 is 1.50 bits per heavy atom. The highest BCUT2D eigenvalue weighted by atomic mass is 32.1. The lowest BCUT2D eigenvalue weighted by Gasteiger charge is -2.05. The summed E-state index contributed by atoms with van der Waals surface area (Å²) in [5, 5.41) is 19.2. The predicted molar refractivity (Wildman–Crippen MR) is 99.5 cm³/mol. The van der Waals surface area contributed by atoms with Gasteiger partial charge in [-0.1, -0.05) is 25.5 Å². The molecule has 2 rings (SSSR count). The third kappa shape index (κ3) is 5.62. The molecule has 0 unspecified atom stereocenters. The fraction of sp³-hybridized carbons (Fsp3) is 0.353. The minimum atomic E-state index is -1.01. The monoisotopic (exact) mass is 376 g/mol. The van der Waals surface area contributed by atoms with Crippen molar-refractivity contribution in [1.29, 1.82) is 0 Å². The third-order valence-corrected chi connectivity index (χ3v) is 3.70. The van der Waals surface area contributed by atoms with Crippen molar-refractivity contribution in [2.24, 2.45) is 5.10 Å². The average molecular weight is 376 g/mol. The van der Waals surface area contributed by atoms with Crippen LogP contribution in [0.2, 0.25) is 0 Å². The summed E-state index contributed by atoms with van der Waals surface area (Å²) in [5.74, 6) is -0.291. The Labute approximate surface area is 155 Å². The molecule has 0 fully saturated rings. The van der Waals surface area contributed by atoms with Crippen LogP contribution in [0.5, 0.6) is 5.75 Å². The number of aliphatic carboxylic acids is 1. The first-order valence-corrected chi connectivity index (χ1v) is 8.61. The molecule has 1 aromatic carbocycles. The number of nitrogens with one attached hydrogen (secondary N) is 1. The molecule has 0 atom stereocenters. The maximum atomic E-state index is 12.3. The van der Waals surface area contributed by atoms with E-state index in [0.717, 1.165) is 28.8 Å². The Bertz CT molecular complexity index is 904. The smallest absolute Gasteiger partial charge is 0.303 e. The molecule has 0 radical (unpaired) electrons. The van der Waals surface area contributed by atoms with Crippen molar-refractivity contribution in [3.8, 4) is 5.75 Å². The minimum Gasteiger partial charge on any atom is -0.494 e. The van der Waals surface area contributed by atoms with E-state index in [-0.39, 0.29) is 23.3 Å². The van der Waals surface area contributed by atoms with Crippen molar-refractivity contribution in [2.45, 2.75) is 32.6 Å². The van der Waals surface area contributed by atoms with Crippen LogP contribution in [0.15, 0.2) is 34.2 Å². The largest absolute Gasteiger partial charge is 0.494 e. The number of H-pyrrole nitrogens is 1. The zero-order valence-corrected chi connectivity index (χ0v) is 15.2. The van der Waals surface area contributed by atoms with E-state index in [2.05, 4.69) is 22.2 Å². The summed E-state index contributed by atoms with van der Waals surface area (Å²) in [7, 11) is 0. The van der Waals surface area contributed by atoms with Gasteiger partial charge in [-0.05, 0) is 36.3 Å². The molecule has 0 aliphatic rings. The van der Waals surface area contributed by atoms with Gasteiger partial charge >= 0.3 is 5.97 Å². The number of benzene rings is 1. The van der Waals surface area contributed by atoms with Gasteiger partial charge in [0.1, 0.15) is 11.4 Å². The molecule has 138 valence electrons. The first-order chi connectivity index (χ1) is 12.5. The van der Waals surface area contributed by atoms with Gasteiger partial charge in [-0.15, -0.1) is 0 Å². The summed E-state index contributed by atoms with van der Waals surface area (Å²) >= 11 is 5.04. The molecule has 2 aromatic rings. The van der Waals surface area contributed by atoms with E-state index in [1.807, 2.05) is 24.3 Å². The molecular formula is C17H20N4O4S. The van der Waals surface area contributed by atoms with Crippen molar-refractivity contribution < 1.29 is 14.6 Å². The van der Waals surface area contributed by atoms with Crippen molar-refractivity contribution in [1.82, 2.24) is 14.9 Å². The van der Waals surface area contributed by atoms with Gasteiger partial charge in [0.25, 0.3) is 5.56 Å². The second kappa shape index (κ2) is 9.62. The summed E-state index contributed by atoms with van der Waals surface area (Å²) in [5.41, 5.74) is 0.264. The van der Waals surface area contributed by atoms with Crippen LogP contribution in [0.4, 0.5) is 0 Å². The van der Waals surface area contributed by atoms with Crippen LogP contribution in [0.3, 0.4) is 0 Å². The SMILES string of the molecule is CCCCOc1cccc(/C=N\n2c(=S)[nH]nc(CCC(=O)O)c2=O)c1. The zero-order valence-electron chi connectivity index (χ0n) is 14.3. The van der Waals surface area contributed by atoms with Crippen LogP contribution < -0.4 is 10.3 Å². The van der Waals surface area contributed by atoms with Gasteiger partial charge in [0.05, 0.1) is 19.2 Å². The highest BCUT2D eigenvalue weighted by molar-refractivity contribution is 7.71. The molecule has 0 bridgehead atoms. The lowest BCUT2D eigenvalue weighted by Crippen LogP contribution is -2.25. The molecule has 0 saturated heterocycles. The van der Waals surface area contributed by atoms with E-state index in [1.54, 1.807) is 0 Å². The van der Waals surface area contributed by atoms with Crippen LogP contribution in [0, 0.1) is 4.77 Å². The number of carboxylic acids is 1. The second-order valence-electron chi connectivity index (χ2n) is 5.51. The highest BCUT2D eigenvalue weighted by Gasteiger charge is 2.09. The molecule has 8 nitrogen and oxygen atoms in total. The van der Waals surface area contributed by atoms with Gasteiger partial charge < -0.3 is 9.84 Å². The third-order valence-electron chi connectivity index (χ3n) is 3.44. The van der Waals surface area contributed by atoms with E-state index >= 15 is 0 Å². The molecule has 0 amide bonds. The first kappa shape index (κ1) is 19.5. The molecule has 0 aliphatic carbocycles. The van der Waals surface area contributed by atoms with Crippen LogP contribution in [0.25, 0.3) is 0 Å².